The Morgan fingerprint density at radius 1 is 1.06 bits per heavy atom. The average Bonchev–Trinajstić information content (AvgIpc) is 3.05. The van der Waals surface area contributed by atoms with Gasteiger partial charge < -0.3 is 15.2 Å². The van der Waals surface area contributed by atoms with Crippen molar-refractivity contribution < 1.29 is 13.6 Å². The molecule has 4 rings (SSSR count). The lowest BCUT2D eigenvalue weighted by Crippen LogP contribution is -2.39. The van der Waals surface area contributed by atoms with Crippen molar-refractivity contribution in [3.8, 4) is 0 Å². The Kier molecular flexibility index (Phi) is 6.47. The second kappa shape index (κ2) is 9.43. The molecule has 1 amide bonds. The third kappa shape index (κ3) is 5.02. The van der Waals surface area contributed by atoms with Gasteiger partial charge in [-0.1, -0.05) is 24.3 Å². The molecule has 6 heteroatoms. The molecular formula is C25H27F2N3O. The number of carbonyl (C=O) groups is 1. The van der Waals surface area contributed by atoms with Crippen molar-refractivity contribution in [3.05, 3.63) is 83.6 Å². The number of benzene rings is 2. The third-order valence-electron chi connectivity index (χ3n) is 5.88. The third-order valence-corrected chi connectivity index (χ3v) is 5.88. The van der Waals surface area contributed by atoms with Crippen LogP contribution in [0.3, 0.4) is 0 Å². The standard InChI is InChI=1S/C25H27F2N3O/c1-2-30(25(31)24-15-18-14-20(27)10-13-23(18)29-24)22-5-3-4-21(11-12-22)28-16-17-6-8-19(26)9-7-17/h6-15,21-22,28-29H,2-5,16H2,1H3/t21-,22+/m1/s1. The zero-order chi connectivity index (χ0) is 21.8. The fraction of sp³-hybridized carbons (Fsp3) is 0.320. The van der Waals surface area contributed by atoms with E-state index in [1.165, 1.54) is 24.3 Å². The van der Waals surface area contributed by atoms with Crippen LogP contribution in [-0.4, -0.2) is 34.4 Å². The lowest BCUT2D eigenvalue weighted by atomic mass is 10.1. The molecule has 0 fully saturated rings. The number of likely N-dealkylation sites (N-methyl/N-ethyl adjacent to an activating group) is 1. The van der Waals surface area contributed by atoms with Gasteiger partial charge in [0.1, 0.15) is 17.3 Å². The van der Waals surface area contributed by atoms with E-state index in [0.717, 1.165) is 30.3 Å². The molecule has 2 N–H and O–H groups in total. The van der Waals surface area contributed by atoms with Crippen LogP contribution in [0.4, 0.5) is 8.78 Å². The number of halogens is 2. The summed E-state index contributed by atoms with van der Waals surface area (Å²) in [6.45, 7) is 3.23. The van der Waals surface area contributed by atoms with Gasteiger partial charge in [-0.15, -0.1) is 0 Å². The van der Waals surface area contributed by atoms with Crippen LogP contribution in [0, 0.1) is 11.6 Å². The van der Waals surface area contributed by atoms with Crippen molar-refractivity contribution in [3.63, 3.8) is 0 Å². The van der Waals surface area contributed by atoms with Crippen LogP contribution in [-0.2, 0) is 6.54 Å². The molecule has 162 valence electrons. The minimum absolute atomic E-state index is 0.0123. The quantitative estimate of drug-likeness (QED) is 0.537. The summed E-state index contributed by atoms with van der Waals surface area (Å²) in [7, 11) is 0. The Labute approximate surface area is 181 Å². The number of nitrogens with one attached hydrogen (secondary N) is 2. The van der Waals surface area contributed by atoms with Crippen molar-refractivity contribution in [2.45, 2.75) is 44.8 Å². The lowest BCUT2D eigenvalue weighted by molar-refractivity contribution is 0.0711. The van der Waals surface area contributed by atoms with Crippen molar-refractivity contribution in [1.29, 1.82) is 0 Å². The van der Waals surface area contributed by atoms with Gasteiger partial charge in [0, 0.05) is 30.0 Å². The number of aromatic amines is 1. The fourth-order valence-corrected chi connectivity index (χ4v) is 4.18. The maximum absolute atomic E-state index is 13.5. The van der Waals surface area contributed by atoms with Gasteiger partial charge in [-0.2, -0.15) is 0 Å². The number of rotatable bonds is 6. The topological polar surface area (TPSA) is 48.1 Å². The van der Waals surface area contributed by atoms with Gasteiger partial charge in [-0.3, -0.25) is 4.79 Å². The van der Waals surface area contributed by atoms with Crippen LogP contribution in [0.15, 0.2) is 60.7 Å². The van der Waals surface area contributed by atoms with E-state index in [1.807, 2.05) is 11.8 Å². The Hall–Kier alpha value is -2.99. The molecule has 1 heterocycles. The van der Waals surface area contributed by atoms with E-state index in [-0.39, 0.29) is 29.6 Å². The summed E-state index contributed by atoms with van der Waals surface area (Å²) in [5, 5.41) is 4.20. The minimum atomic E-state index is -0.316. The summed E-state index contributed by atoms with van der Waals surface area (Å²) >= 11 is 0. The lowest BCUT2D eigenvalue weighted by Gasteiger charge is -2.28. The smallest absolute Gasteiger partial charge is 0.270 e. The van der Waals surface area contributed by atoms with E-state index in [0.29, 0.717) is 24.2 Å². The van der Waals surface area contributed by atoms with E-state index in [2.05, 4.69) is 22.5 Å². The predicted molar refractivity (Wildman–Crippen MR) is 119 cm³/mol. The molecule has 31 heavy (non-hydrogen) atoms. The van der Waals surface area contributed by atoms with E-state index in [9.17, 15) is 13.6 Å². The molecule has 1 aromatic heterocycles. The first kappa shape index (κ1) is 21.2. The van der Waals surface area contributed by atoms with Crippen molar-refractivity contribution in [1.82, 2.24) is 15.2 Å². The monoisotopic (exact) mass is 423 g/mol. The second-order valence-corrected chi connectivity index (χ2v) is 8.00. The highest BCUT2D eigenvalue weighted by atomic mass is 19.1. The summed E-state index contributed by atoms with van der Waals surface area (Å²) < 4.78 is 26.6. The normalized spacial score (nSPS) is 18.8. The maximum Gasteiger partial charge on any atom is 0.270 e. The zero-order valence-corrected chi connectivity index (χ0v) is 17.6. The highest BCUT2D eigenvalue weighted by Crippen LogP contribution is 2.22. The molecule has 0 aliphatic heterocycles. The van der Waals surface area contributed by atoms with Gasteiger partial charge in [0.2, 0.25) is 0 Å². The van der Waals surface area contributed by atoms with Crippen LogP contribution in [0.25, 0.3) is 10.9 Å². The molecule has 2 atom stereocenters. The SMILES string of the molecule is CCN(C(=O)c1cc2cc(F)ccc2[nH]1)[C@@H]1C=C[C@H](NCc2ccc(F)cc2)CCC1. The van der Waals surface area contributed by atoms with Crippen molar-refractivity contribution in [2.24, 2.45) is 0 Å². The predicted octanol–water partition coefficient (Wildman–Crippen LogP) is 5.18. The van der Waals surface area contributed by atoms with E-state index in [4.69, 9.17) is 0 Å². The molecule has 0 spiro atoms. The highest BCUT2D eigenvalue weighted by molar-refractivity contribution is 5.98. The highest BCUT2D eigenvalue weighted by Gasteiger charge is 2.25. The molecule has 0 bridgehead atoms. The first-order valence-corrected chi connectivity index (χ1v) is 10.8. The number of hydrogen-bond donors (Lipinski definition) is 2. The second-order valence-electron chi connectivity index (χ2n) is 8.00. The summed E-state index contributed by atoms with van der Waals surface area (Å²) in [5.74, 6) is -0.624. The fourth-order valence-electron chi connectivity index (χ4n) is 4.18. The summed E-state index contributed by atoms with van der Waals surface area (Å²) in [6, 6.07) is 12.9. The Bertz CT molecular complexity index is 1070. The molecule has 1 aliphatic rings. The molecular weight excluding hydrogens is 396 g/mol. The van der Waals surface area contributed by atoms with Crippen molar-refractivity contribution >= 4 is 16.8 Å². The summed E-state index contributed by atoms with van der Waals surface area (Å²) in [6.07, 6.45) is 7.10. The Morgan fingerprint density at radius 3 is 2.61 bits per heavy atom. The van der Waals surface area contributed by atoms with Gasteiger partial charge in [0.25, 0.3) is 5.91 Å². The van der Waals surface area contributed by atoms with Crippen LogP contribution >= 0.6 is 0 Å². The number of nitrogens with zero attached hydrogens (tertiary/aromatic N) is 1. The zero-order valence-electron chi connectivity index (χ0n) is 17.6. The largest absolute Gasteiger partial charge is 0.351 e. The number of H-pyrrole nitrogens is 1. The average molecular weight is 424 g/mol. The maximum atomic E-state index is 13.5. The minimum Gasteiger partial charge on any atom is -0.351 e. The summed E-state index contributed by atoms with van der Waals surface area (Å²) in [5.41, 5.74) is 2.27. The van der Waals surface area contributed by atoms with E-state index < -0.39 is 0 Å². The Morgan fingerprint density at radius 2 is 1.84 bits per heavy atom. The van der Waals surface area contributed by atoms with Gasteiger partial charge >= 0.3 is 0 Å². The number of carbonyl (C=O) groups excluding carboxylic acids is 1. The molecule has 1 aliphatic carbocycles. The first-order chi connectivity index (χ1) is 15.0. The van der Waals surface area contributed by atoms with Gasteiger partial charge in [-0.25, -0.2) is 8.78 Å². The molecule has 0 radical (unpaired) electrons. The summed E-state index contributed by atoms with van der Waals surface area (Å²) in [4.78, 5) is 18.2. The van der Waals surface area contributed by atoms with Gasteiger partial charge in [0.15, 0.2) is 0 Å². The van der Waals surface area contributed by atoms with Gasteiger partial charge in [0.05, 0.1) is 6.04 Å². The number of aromatic nitrogens is 1. The first-order valence-electron chi connectivity index (χ1n) is 10.8. The molecule has 0 saturated heterocycles. The van der Waals surface area contributed by atoms with Crippen molar-refractivity contribution in [2.75, 3.05) is 6.54 Å². The molecule has 0 saturated carbocycles. The molecule has 3 aromatic rings. The van der Waals surface area contributed by atoms with Crippen LogP contribution in [0.2, 0.25) is 0 Å². The molecule has 0 unspecified atom stereocenters. The molecule has 2 aromatic carbocycles. The van der Waals surface area contributed by atoms with E-state index in [1.54, 1.807) is 24.3 Å². The number of fused-ring (bicyclic) bond motifs is 1. The van der Waals surface area contributed by atoms with Crippen LogP contribution in [0.1, 0.15) is 42.2 Å². The van der Waals surface area contributed by atoms with Gasteiger partial charge in [-0.05, 0) is 68.1 Å². The van der Waals surface area contributed by atoms with Crippen LogP contribution < -0.4 is 5.32 Å². The Balaban J connectivity index is 1.43. The van der Waals surface area contributed by atoms with E-state index >= 15 is 0 Å². The molecule has 4 nitrogen and oxygen atoms in total. The number of hydrogen-bond acceptors (Lipinski definition) is 2. The number of amides is 1. The van der Waals surface area contributed by atoms with Crippen LogP contribution in [0.5, 0.6) is 0 Å².